The Kier molecular flexibility index (Phi) is 3.32. The van der Waals surface area contributed by atoms with Gasteiger partial charge in [-0.15, -0.1) is 0 Å². The van der Waals surface area contributed by atoms with Gasteiger partial charge in [-0.05, 0) is 19.1 Å². The molecule has 0 aromatic carbocycles. The fourth-order valence-corrected chi connectivity index (χ4v) is 2.11. The minimum Gasteiger partial charge on any atom is -0.420 e. The Morgan fingerprint density at radius 2 is 1.88 bits per heavy atom. The van der Waals surface area contributed by atoms with Crippen molar-refractivity contribution in [3.05, 3.63) is 0 Å². The first-order valence-corrected chi connectivity index (χ1v) is 6.29. The zero-order valence-electron chi connectivity index (χ0n) is 6.32. The minimum atomic E-state index is -1.18. The van der Waals surface area contributed by atoms with Gasteiger partial charge in [0.2, 0.25) is 0 Å². The molecule has 0 N–H and O–H groups in total. The van der Waals surface area contributed by atoms with Crippen molar-refractivity contribution in [2.75, 3.05) is 7.11 Å². The second-order valence-corrected chi connectivity index (χ2v) is 7.14. The molecule has 0 aliphatic rings. The van der Waals surface area contributed by atoms with Gasteiger partial charge in [0.25, 0.3) is 0 Å². The Balaban J connectivity index is 3.37. The molecule has 0 heterocycles. The highest BCUT2D eigenvalue weighted by molar-refractivity contribution is 6.71. The molecule has 0 radical (unpaired) electrons. The second-order valence-electron chi connectivity index (χ2n) is 2.71. The lowest BCUT2D eigenvalue weighted by Gasteiger charge is -2.17. The van der Waals surface area contributed by atoms with E-state index in [0.29, 0.717) is 0 Å². The van der Waals surface area contributed by atoms with Crippen molar-refractivity contribution in [3.8, 4) is 0 Å². The normalized spacial score (nSPS) is 12.0. The van der Waals surface area contributed by atoms with Crippen LogP contribution in [0.25, 0.3) is 0 Å². The van der Waals surface area contributed by atoms with E-state index in [1.165, 1.54) is 12.5 Å². The van der Waals surface area contributed by atoms with Gasteiger partial charge in [0.15, 0.2) is 8.32 Å². The summed E-state index contributed by atoms with van der Waals surface area (Å²) in [5, 5.41) is 0. The Morgan fingerprint density at radius 3 is 2.00 bits per heavy atom. The third-order valence-electron chi connectivity index (χ3n) is 1.40. The largest absolute Gasteiger partial charge is 0.420 e. The Hall–Kier alpha value is 0.177. The van der Waals surface area contributed by atoms with Crippen LogP contribution < -0.4 is 0 Å². The molecule has 0 unspecified atom stereocenters. The summed E-state index contributed by atoms with van der Waals surface area (Å²) >= 11 is 0. The van der Waals surface area contributed by atoms with E-state index >= 15 is 0 Å². The summed E-state index contributed by atoms with van der Waals surface area (Å²) in [6.45, 7) is 6.70. The summed E-state index contributed by atoms with van der Waals surface area (Å²) in [6.07, 6.45) is 1.26. The Bertz CT molecular complexity index is 61.5. The lowest BCUT2D eigenvalue weighted by atomic mass is 10.6. The fraction of sp³-hybridized carbons (Fsp3) is 1.00. The summed E-state index contributed by atoms with van der Waals surface area (Å²) in [7, 11) is 0.644. The van der Waals surface area contributed by atoms with Crippen LogP contribution in [-0.2, 0) is 4.43 Å². The highest BCUT2D eigenvalue weighted by atomic mass is 28.4. The van der Waals surface area contributed by atoms with E-state index in [4.69, 9.17) is 4.43 Å². The highest BCUT2D eigenvalue weighted by Gasteiger charge is 2.17. The number of rotatable bonds is 3. The SMILES string of the molecule is CCC[Si](C)(C)OC. The quantitative estimate of drug-likeness (QED) is 0.535. The molecule has 50 valence electrons. The average Bonchev–Trinajstić information content (AvgIpc) is 1.67. The van der Waals surface area contributed by atoms with E-state index in [-0.39, 0.29) is 0 Å². The van der Waals surface area contributed by atoms with Crippen LogP contribution in [0.15, 0.2) is 0 Å². The lowest BCUT2D eigenvalue weighted by molar-refractivity contribution is 0.403. The zero-order chi connectivity index (χ0) is 6.62. The van der Waals surface area contributed by atoms with Crippen molar-refractivity contribution in [3.63, 3.8) is 0 Å². The molecule has 0 saturated carbocycles. The van der Waals surface area contributed by atoms with Crippen LogP contribution in [0.2, 0.25) is 19.1 Å². The molecular weight excluding hydrogens is 116 g/mol. The molecule has 0 aromatic rings. The fourth-order valence-electron chi connectivity index (χ4n) is 0.704. The molecule has 0 amide bonds. The number of hydrogen-bond acceptors (Lipinski definition) is 1. The summed E-state index contributed by atoms with van der Waals surface area (Å²) in [5.74, 6) is 0. The van der Waals surface area contributed by atoms with E-state index in [1.807, 2.05) is 7.11 Å². The van der Waals surface area contributed by atoms with Crippen molar-refractivity contribution >= 4 is 8.32 Å². The molecule has 0 aliphatic carbocycles. The Morgan fingerprint density at radius 1 is 1.38 bits per heavy atom. The van der Waals surface area contributed by atoms with Crippen LogP contribution in [-0.4, -0.2) is 15.4 Å². The van der Waals surface area contributed by atoms with E-state index in [1.54, 1.807) is 0 Å². The van der Waals surface area contributed by atoms with E-state index in [9.17, 15) is 0 Å². The molecule has 0 bridgehead atoms. The topological polar surface area (TPSA) is 9.23 Å². The van der Waals surface area contributed by atoms with Crippen LogP contribution in [0.5, 0.6) is 0 Å². The minimum absolute atomic E-state index is 1.18. The molecule has 2 heteroatoms. The van der Waals surface area contributed by atoms with E-state index in [2.05, 4.69) is 20.0 Å². The van der Waals surface area contributed by atoms with Crippen molar-refractivity contribution in [1.82, 2.24) is 0 Å². The number of hydrogen-bond donors (Lipinski definition) is 0. The van der Waals surface area contributed by atoms with Crippen LogP contribution in [0.4, 0.5) is 0 Å². The maximum Gasteiger partial charge on any atom is 0.186 e. The molecule has 0 atom stereocenters. The predicted octanol–water partition coefficient (Wildman–Crippen LogP) is 2.25. The molecule has 0 fully saturated rings. The summed E-state index contributed by atoms with van der Waals surface area (Å²) in [6, 6.07) is 1.28. The zero-order valence-corrected chi connectivity index (χ0v) is 7.32. The highest BCUT2D eigenvalue weighted by Crippen LogP contribution is 2.10. The molecule has 1 nitrogen and oxygen atoms in total. The van der Waals surface area contributed by atoms with Crippen molar-refractivity contribution in [1.29, 1.82) is 0 Å². The van der Waals surface area contributed by atoms with Crippen molar-refractivity contribution in [2.24, 2.45) is 0 Å². The third kappa shape index (κ3) is 3.21. The van der Waals surface area contributed by atoms with Gasteiger partial charge >= 0.3 is 0 Å². The first-order chi connectivity index (χ1) is 3.62. The Labute approximate surface area is 53.2 Å². The molecule has 0 saturated heterocycles. The van der Waals surface area contributed by atoms with Crippen LogP contribution in [0.1, 0.15) is 13.3 Å². The maximum atomic E-state index is 5.32. The molecule has 8 heavy (non-hydrogen) atoms. The van der Waals surface area contributed by atoms with Crippen LogP contribution >= 0.6 is 0 Å². The maximum absolute atomic E-state index is 5.32. The molecule has 0 rings (SSSR count). The van der Waals surface area contributed by atoms with E-state index in [0.717, 1.165) is 0 Å². The van der Waals surface area contributed by atoms with Gasteiger partial charge < -0.3 is 4.43 Å². The summed E-state index contributed by atoms with van der Waals surface area (Å²) in [5.41, 5.74) is 0. The first-order valence-electron chi connectivity index (χ1n) is 3.17. The van der Waals surface area contributed by atoms with Gasteiger partial charge in [-0.25, -0.2) is 0 Å². The molecule has 0 aromatic heterocycles. The van der Waals surface area contributed by atoms with Crippen LogP contribution in [0, 0.1) is 0 Å². The third-order valence-corrected chi connectivity index (χ3v) is 4.21. The summed E-state index contributed by atoms with van der Waals surface area (Å²) in [4.78, 5) is 0. The van der Waals surface area contributed by atoms with Gasteiger partial charge in [-0.2, -0.15) is 0 Å². The lowest BCUT2D eigenvalue weighted by Crippen LogP contribution is -2.27. The molecule has 0 spiro atoms. The van der Waals surface area contributed by atoms with Gasteiger partial charge in [0, 0.05) is 7.11 Å². The first kappa shape index (κ1) is 8.18. The predicted molar refractivity (Wildman–Crippen MR) is 39.6 cm³/mol. The molecular formula is C6H16OSi. The monoisotopic (exact) mass is 132 g/mol. The molecule has 0 aliphatic heterocycles. The van der Waals surface area contributed by atoms with Gasteiger partial charge in [-0.1, -0.05) is 13.3 Å². The standard InChI is InChI=1S/C6H16OSi/c1-5-6-8(3,4)7-2/h5-6H2,1-4H3. The van der Waals surface area contributed by atoms with Crippen molar-refractivity contribution in [2.45, 2.75) is 32.5 Å². The van der Waals surface area contributed by atoms with Crippen molar-refractivity contribution < 1.29 is 4.43 Å². The van der Waals surface area contributed by atoms with Gasteiger partial charge in [0.05, 0.1) is 0 Å². The van der Waals surface area contributed by atoms with E-state index < -0.39 is 8.32 Å². The van der Waals surface area contributed by atoms with Gasteiger partial charge in [0.1, 0.15) is 0 Å². The summed E-state index contributed by atoms with van der Waals surface area (Å²) < 4.78 is 5.32. The average molecular weight is 132 g/mol. The van der Waals surface area contributed by atoms with Gasteiger partial charge in [-0.3, -0.25) is 0 Å². The second kappa shape index (κ2) is 3.25. The van der Waals surface area contributed by atoms with Crippen LogP contribution in [0.3, 0.4) is 0 Å². The smallest absolute Gasteiger partial charge is 0.186 e.